The average Bonchev–Trinajstić information content (AvgIpc) is 3.31. The lowest BCUT2D eigenvalue weighted by atomic mass is 9.58. The standard InChI is InChI=1S/C29H36N4O9/c1-12(34)31-15-5-6-33(11-15)10-14-9-18(35)20-16(25(14)42-4)7-13-8-17-22(32(2)3)24(37)21(28(30)40)27(39)29(17,41)26(38)19(13)23(20)36/h9,13,15,17,22,35,37-38,41H,5-8,10-11H2,1-4H3,(H2,30,40)(H,31,34)/t13-,15+,17-,22-,29-/m0/s1. The van der Waals surface area contributed by atoms with E-state index in [1.54, 1.807) is 14.1 Å². The molecule has 4 aliphatic rings. The Bertz CT molecular complexity index is 1470. The Morgan fingerprint density at radius 3 is 2.52 bits per heavy atom. The first kappa shape index (κ1) is 29.5. The molecular weight excluding hydrogens is 548 g/mol. The van der Waals surface area contributed by atoms with Gasteiger partial charge in [0, 0.05) is 55.2 Å². The minimum Gasteiger partial charge on any atom is -0.510 e. The Morgan fingerprint density at radius 1 is 1.24 bits per heavy atom. The second-order valence-corrected chi connectivity index (χ2v) is 11.8. The normalized spacial score (nSPS) is 29.4. The van der Waals surface area contributed by atoms with E-state index in [0.29, 0.717) is 36.5 Å². The number of primary amides is 1. The predicted octanol–water partition coefficient (Wildman–Crippen LogP) is -0.160. The van der Waals surface area contributed by atoms with Gasteiger partial charge in [-0.1, -0.05) is 0 Å². The van der Waals surface area contributed by atoms with Crippen LogP contribution in [0.4, 0.5) is 0 Å². The molecule has 0 unspecified atom stereocenters. The molecule has 5 rings (SSSR count). The summed E-state index contributed by atoms with van der Waals surface area (Å²) >= 11 is 0. The van der Waals surface area contributed by atoms with Gasteiger partial charge in [0.25, 0.3) is 5.91 Å². The van der Waals surface area contributed by atoms with Crippen molar-refractivity contribution in [2.75, 3.05) is 34.3 Å². The van der Waals surface area contributed by atoms with E-state index in [2.05, 4.69) is 10.2 Å². The molecule has 2 amide bonds. The molecule has 1 aliphatic heterocycles. The zero-order valence-electron chi connectivity index (χ0n) is 23.9. The van der Waals surface area contributed by atoms with Crippen molar-refractivity contribution >= 4 is 23.4 Å². The summed E-state index contributed by atoms with van der Waals surface area (Å²) in [4.78, 5) is 54.5. The molecule has 3 aliphatic carbocycles. The molecule has 0 aromatic heterocycles. The number of allylic oxidation sites excluding steroid dienone is 1. The summed E-state index contributed by atoms with van der Waals surface area (Å²) in [6.07, 6.45) is 0.889. The van der Waals surface area contributed by atoms with E-state index in [1.807, 2.05) is 0 Å². The third-order valence-electron chi connectivity index (χ3n) is 9.03. The highest BCUT2D eigenvalue weighted by Crippen LogP contribution is 2.53. The average molecular weight is 585 g/mol. The van der Waals surface area contributed by atoms with Crippen molar-refractivity contribution in [1.82, 2.24) is 15.1 Å². The van der Waals surface area contributed by atoms with Gasteiger partial charge in [-0.3, -0.25) is 29.0 Å². The molecule has 0 spiro atoms. The number of phenols is 1. The Labute approximate surface area is 242 Å². The van der Waals surface area contributed by atoms with Crippen molar-refractivity contribution in [2.45, 2.75) is 50.4 Å². The lowest BCUT2D eigenvalue weighted by Gasteiger charge is -2.50. The summed E-state index contributed by atoms with van der Waals surface area (Å²) in [5.41, 5.74) is 2.58. The van der Waals surface area contributed by atoms with Crippen LogP contribution in [-0.2, 0) is 27.3 Å². The number of rotatable bonds is 6. The summed E-state index contributed by atoms with van der Waals surface area (Å²) in [5.74, 6) is -6.70. The van der Waals surface area contributed by atoms with Gasteiger partial charge in [-0.2, -0.15) is 0 Å². The molecule has 226 valence electrons. The fourth-order valence-corrected chi connectivity index (χ4v) is 7.36. The number of likely N-dealkylation sites (N-methyl/N-ethyl adjacent to an activating group) is 1. The number of carbonyl (C=O) groups is 4. The quantitative estimate of drug-likeness (QED) is 0.243. The van der Waals surface area contributed by atoms with Crippen LogP contribution in [0.1, 0.15) is 41.3 Å². The number of amides is 2. The molecule has 1 heterocycles. The third kappa shape index (κ3) is 4.34. The van der Waals surface area contributed by atoms with Crippen LogP contribution in [-0.4, -0.2) is 106 Å². The highest BCUT2D eigenvalue weighted by molar-refractivity contribution is 6.24. The summed E-state index contributed by atoms with van der Waals surface area (Å²) in [7, 11) is 4.62. The van der Waals surface area contributed by atoms with Crippen LogP contribution in [0.2, 0.25) is 0 Å². The number of ketones is 2. The van der Waals surface area contributed by atoms with Crippen LogP contribution >= 0.6 is 0 Å². The Kier molecular flexibility index (Phi) is 7.32. The van der Waals surface area contributed by atoms with Crippen molar-refractivity contribution in [3.63, 3.8) is 0 Å². The number of Topliss-reactive ketones (excluding diaryl/α,β-unsaturated/α-hetero) is 2. The SMILES string of the molecule is COc1c(CN2CC[C@@H](NC(C)=O)C2)cc(O)c2c1C[C@H]1C[C@H]3[C@H](N(C)C)C(O)=C(C(N)=O)C(=O)[C@@]3(O)C(O)=C1C2=O. The fourth-order valence-electron chi connectivity index (χ4n) is 7.36. The molecule has 1 aromatic carbocycles. The molecule has 1 aromatic rings. The summed E-state index contributed by atoms with van der Waals surface area (Å²) in [6, 6.07) is 0.365. The van der Waals surface area contributed by atoms with E-state index in [4.69, 9.17) is 10.5 Å². The lowest BCUT2D eigenvalue weighted by Crippen LogP contribution is -2.63. The number of likely N-dealkylation sites (tertiary alicyclic amines) is 1. The maximum Gasteiger partial charge on any atom is 0.255 e. The number of nitrogens with zero attached hydrogens (tertiary/aromatic N) is 2. The van der Waals surface area contributed by atoms with E-state index in [0.717, 1.165) is 6.42 Å². The molecule has 0 radical (unpaired) electrons. The van der Waals surface area contributed by atoms with Gasteiger partial charge in [0.15, 0.2) is 11.4 Å². The number of aromatic hydroxyl groups is 1. The summed E-state index contributed by atoms with van der Waals surface area (Å²) in [6.45, 7) is 3.17. The van der Waals surface area contributed by atoms with Gasteiger partial charge in [-0.15, -0.1) is 0 Å². The molecule has 13 nitrogen and oxygen atoms in total. The number of nitrogens with two attached hydrogens (primary N) is 1. The zero-order valence-corrected chi connectivity index (χ0v) is 23.9. The highest BCUT2D eigenvalue weighted by Gasteiger charge is 2.63. The van der Waals surface area contributed by atoms with E-state index in [9.17, 15) is 39.6 Å². The monoisotopic (exact) mass is 584 g/mol. The van der Waals surface area contributed by atoms with Gasteiger partial charge in [0.2, 0.25) is 11.7 Å². The molecule has 0 bridgehead atoms. The largest absolute Gasteiger partial charge is 0.510 e. The molecule has 1 saturated heterocycles. The molecule has 0 saturated carbocycles. The first-order valence-corrected chi connectivity index (χ1v) is 13.8. The van der Waals surface area contributed by atoms with Crippen molar-refractivity contribution in [3.8, 4) is 11.5 Å². The Hall–Kier alpha value is -3.94. The van der Waals surface area contributed by atoms with Crippen molar-refractivity contribution in [3.05, 3.63) is 45.4 Å². The zero-order chi connectivity index (χ0) is 30.8. The summed E-state index contributed by atoms with van der Waals surface area (Å²) < 4.78 is 5.77. The van der Waals surface area contributed by atoms with Crippen LogP contribution < -0.4 is 15.8 Å². The smallest absolute Gasteiger partial charge is 0.255 e. The molecule has 13 heteroatoms. The van der Waals surface area contributed by atoms with E-state index in [1.165, 1.54) is 25.0 Å². The van der Waals surface area contributed by atoms with Crippen LogP contribution in [0.3, 0.4) is 0 Å². The maximum absolute atomic E-state index is 13.9. The molecule has 7 N–H and O–H groups in total. The molecule has 42 heavy (non-hydrogen) atoms. The van der Waals surface area contributed by atoms with Crippen LogP contribution in [0.5, 0.6) is 11.5 Å². The summed E-state index contributed by atoms with van der Waals surface area (Å²) in [5, 5.41) is 48.0. The fraction of sp³-hybridized carbons (Fsp3) is 0.517. The first-order chi connectivity index (χ1) is 19.7. The number of aliphatic hydroxyl groups is 3. The van der Waals surface area contributed by atoms with Crippen LogP contribution in [0, 0.1) is 11.8 Å². The number of fused-ring (bicyclic) bond motifs is 3. The molecular formula is C29H36N4O9. The van der Waals surface area contributed by atoms with Gasteiger partial charge >= 0.3 is 0 Å². The van der Waals surface area contributed by atoms with Gasteiger partial charge < -0.3 is 36.2 Å². The van der Waals surface area contributed by atoms with Crippen molar-refractivity contribution in [1.29, 1.82) is 0 Å². The number of nitrogens with one attached hydrogen (secondary N) is 1. The maximum atomic E-state index is 13.9. The second kappa shape index (κ2) is 10.4. The topological polar surface area (TPSA) is 203 Å². The van der Waals surface area contributed by atoms with E-state index < -0.39 is 58.0 Å². The number of phenolic OH excluding ortho intramolecular Hbond substituents is 1. The minimum atomic E-state index is -2.69. The van der Waals surface area contributed by atoms with E-state index in [-0.39, 0.29) is 41.7 Å². The van der Waals surface area contributed by atoms with Gasteiger partial charge in [-0.25, -0.2) is 0 Å². The van der Waals surface area contributed by atoms with E-state index >= 15 is 0 Å². The van der Waals surface area contributed by atoms with Gasteiger partial charge in [-0.05, 0) is 45.3 Å². The number of benzene rings is 1. The number of hydrogen-bond acceptors (Lipinski definition) is 11. The Morgan fingerprint density at radius 2 is 1.93 bits per heavy atom. The molecule has 5 atom stereocenters. The first-order valence-electron chi connectivity index (χ1n) is 13.8. The third-order valence-corrected chi connectivity index (χ3v) is 9.03. The molecule has 1 fully saturated rings. The predicted molar refractivity (Wildman–Crippen MR) is 148 cm³/mol. The van der Waals surface area contributed by atoms with Gasteiger partial charge in [0.05, 0.1) is 18.7 Å². The van der Waals surface area contributed by atoms with Crippen LogP contribution in [0.25, 0.3) is 0 Å². The second-order valence-electron chi connectivity index (χ2n) is 11.8. The minimum absolute atomic E-state index is 0.00125. The van der Waals surface area contributed by atoms with Crippen molar-refractivity contribution < 1.29 is 44.3 Å². The number of carbonyl (C=O) groups excluding carboxylic acids is 4. The number of aliphatic hydroxyl groups excluding tert-OH is 2. The Balaban J connectivity index is 1.58. The highest BCUT2D eigenvalue weighted by atomic mass is 16.5. The van der Waals surface area contributed by atoms with Crippen LogP contribution in [0.15, 0.2) is 28.7 Å². The number of hydrogen-bond donors (Lipinski definition) is 6. The number of ether oxygens (including phenoxy) is 1. The number of methoxy groups -OCH3 is 1. The van der Waals surface area contributed by atoms with Gasteiger partial charge in [0.1, 0.15) is 28.6 Å². The lowest BCUT2D eigenvalue weighted by molar-refractivity contribution is -0.148. The van der Waals surface area contributed by atoms with Crippen molar-refractivity contribution in [2.24, 2.45) is 17.6 Å².